The van der Waals surface area contributed by atoms with Crippen LogP contribution < -0.4 is 20.1 Å². The molecule has 148 valence electrons. The normalized spacial score (nSPS) is 10.3. The number of nitrogens with zero attached hydrogens (tertiary/aromatic N) is 2. The quantitative estimate of drug-likeness (QED) is 0.561. The number of halogens is 2. The van der Waals surface area contributed by atoms with Crippen LogP contribution in [0.3, 0.4) is 0 Å². The first kappa shape index (κ1) is 20.4. The Hall–Kier alpha value is -3.29. The molecule has 2 N–H and O–H groups in total. The molecule has 0 unspecified atom stereocenters. The van der Waals surface area contributed by atoms with E-state index in [0.29, 0.717) is 11.4 Å². The summed E-state index contributed by atoms with van der Waals surface area (Å²) in [6.07, 6.45) is 0.477. The molecule has 0 spiro atoms. The number of ether oxygens (including phenoxy) is 2. The number of amides is 2. The zero-order valence-corrected chi connectivity index (χ0v) is 16.6. The van der Waals surface area contributed by atoms with Gasteiger partial charge in [0.05, 0.1) is 10.7 Å². The topological polar surface area (TPSA) is 94.8 Å². The van der Waals surface area contributed by atoms with Crippen molar-refractivity contribution in [3.8, 4) is 17.2 Å². The van der Waals surface area contributed by atoms with Gasteiger partial charge in [-0.15, -0.1) is 0 Å². The van der Waals surface area contributed by atoms with Crippen molar-refractivity contribution in [1.29, 1.82) is 0 Å². The summed E-state index contributed by atoms with van der Waals surface area (Å²) in [6, 6.07) is 14.4. The van der Waals surface area contributed by atoms with E-state index >= 15 is 0 Å². The number of hydrogen-bond donors (Lipinski definition) is 1. The number of nitrogens with two attached hydrogens (primary N) is 1. The van der Waals surface area contributed by atoms with Crippen molar-refractivity contribution in [2.45, 2.75) is 6.92 Å². The second-order valence-corrected chi connectivity index (χ2v) is 6.52. The zero-order valence-electron chi connectivity index (χ0n) is 15.1. The molecule has 0 saturated heterocycles. The predicted molar refractivity (Wildman–Crippen MR) is 111 cm³/mol. The third-order valence-corrected chi connectivity index (χ3v) is 4.58. The maximum absolute atomic E-state index is 12.5. The molecule has 0 fully saturated rings. The summed E-state index contributed by atoms with van der Waals surface area (Å²) in [4.78, 5) is 29.4. The highest BCUT2D eigenvalue weighted by atomic mass is 35.5. The fourth-order valence-electron chi connectivity index (χ4n) is 2.36. The maximum Gasteiger partial charge on any atom is 0.427 e. The summed E-state index contributed by atoms with van der Waals surface area (Å²) in [5.41, 5.74) is 6.01. The number of benzene rings is 2. The van der Waals surface area contributed by atoms with Gasteiger partial charge in [-0.3, -0.25) is 4.79 Å². The molecule has 7 nitrogen and oxygen atoms in total. The van der Waals surface area contributed by atoms with E-state index in [0.717, 1.165) is 4.90 Å². The average Bonchev–Trinajstić information content (AvgIpc) is 2.69. The Labute approximate surface area is 176 Å². The number of imide groups is 1. The van der Waals surface area contributed by atoms with Crippen LogP contribution in [0.4, 0.5) is 16.3 Å². The number of nitrogen functional groups attached to an aromatic ring is 1. The molecule has 3 aromatic rings. The number of aromatic nitrogens is 1. The lowest BCUT2D eigenvalue weighted by Crippen LogP contribution is -2.38. The van der Waals surface area contributed by atoms with Gasteiger partial charge in [-0.1, -0.05) is 41.4 Å². The number of carbonyl (C=O) groups excluding carboxylic acids is 2. The van der Waals surface area contributed by atoms with Gasteiger partial charge in [-0.2, -0.15) is 4.90 Å². The molecule has 0 aliphatic heterocycles. The minimum absolute atomic E-state index is 0.0218. The molecule has 0 saturated carbocycles. The monoisotopic (exact) mass is 431 g/mol. The van der Waals surface area contributed by atoms with E-state index in [9.17, 15) is 9.59 Å². The van der Waals surface area contributed by atoms with Gasteiger partial charge in [0.1, 0.15) is 28.1 Å². The van der Waals surface area contributed by atoms with Gasteiger partial charge in [-0.25, -0.2) is 9.78 Å². The number of rotatable bonds is 4. The summed E-state index contributed by atoms with van der Waals surface area (Å²) in [7, 11) is 0. The van der Waals surface area contributed by atoms with Crippen LogP contribution in [0, 0.1) is 0 Å². The summed E-state index contributed by atoms with van der Waals surface area (Å²) in [5, 5.41) is 0.298. The van der Waals surface area contributed by atoms with Crippen molar-refractivity contribution in [1.82, 2.24) is 4.98 Å². The number of carbonyl (C=O) groups is 2. The van der Waals surface area contributed by atoms with Crippen LogP contribution >= 0.6 is 23.2 Å². The Morgan fingerprint density at radius 1 is 1.00 bits per heavy atom. The van der Waals surface area contributed by atoms with Crippen LogP contribution in [0.25, 0.3) is 0 Å². The van der Waals surface area contributed by atoms with Crippen LogP contribution in [0.5, 0.6) is 17.2 Å². The molecule has 0 aliphatic carbocycles. The van der Waals surface area contributed by atoms with Crippen LogP contribution in [0.2, 0.25) is 10.0 Å². The SMILES string of the molecule is CC(=O)N(C(=O)Oc1ccccc1)c1cc(Oc2ccc(N)c(Cl)c2Cl)ccn1. The molecule has 0 aliphatic rings. The Bertz CT molecular complexity index is 1060. The lowest BCUT2D eigenvalue weighted by Gasteiger charge is -2.18. The fraction of sp³-hybridized carbons (Fsp3) is 0.0500. The van der Waals surface area contributed by atoms with Gasteiger partial charge >= 0.3 is 6.09 Å². The lowest BCUT2D eigenvalue weighted by atomic mass is 10.3. The third kappa shape index (κ3) is 4.77. The largest absolute Gasteiger partial charge is 0.456 e. The van der Waals surface area contributed by atoms with Gasteiger partial charge in [-0.05, 0) is 30.3 Å². The molecule has 0 bridgehead atoms. The number of hydrogen-bond acceptors (Lipinski definition) is 6. The summed E-state index contributed by atoms with van der Waals surface area (Å²) in [5.74, 6) is 0.262. The van der Waals surface area contributed by atoms with Gasteiger partial charge in [0, 0.05) is 19.2 Å². The van der Waals surface area contributed by atoms with Crippen LogP contribution in [-0.4, -0.2) is 17.0 Å². The van der Waals surface area contributed by atoms with Crippen molar-refractivity contribution in [2.24, 2.45) is 0 Å². The second-order valence-electron chi connectivity index (χ2n) is 5.77. The number of anilines is 2. The van der Waals surface area contributed by atoms with Gasteiger partial charge in [0.25, 0.3) is 0 Å². The Balaban J connectivity index is 1.87. The van der Waals surface area contributed by atoms with Crippen molar-refractivity contribution in [3.05, 3.63) is 70.8 Å². The summed E-state index contributed by atoms with van der Waals surface area (Å²) < 4.78 is 10.9. The Morgan fingerprint density at radius 3 is 2.41 bits per heavy atom. The Kier molecular flexibility index (Phi) is 6.21. The lowest BCUT2D eigenvalue weighted by molar-refractivity contribution is -0.116. The van der Waals surface area contributed by atoms with E-state index in [1.807, 2.05) is 0 Å². The molecule has 9 heteroatoms. The zero-order chi connectivity index (χ0) is 21.0. The average molecular weight is 432 g/mol. The third-order valence-electron chi connectivity index (χ3n) is 3.70. The second kappa shape index (κ2) is 8.81. The number of para-hydroxylation sites is 1. The first-order valence-electron chi connectivity index (χ1n) is 8.31. The maximum atomic E-state index is 12.5. The molecule has 1 aromatic heterocycles. The molecule has 2 aromatic carbocycles. The van der Waals surface area contributed by atoms with Crippen molar-refractivity contribution < 1.29 is 19.1 Å². The smallest absolute Gasteiger partial charge is 0.427 e. The van der Waals surface area contributed by atoms with E-state index in [-0.39, 0.29) is 27.4 Å². The highest BCUT2D eigenvalue weighted by molar-refractivity contribution is 6.44. The molecule has 29 heavy (non-hydrogen) atoms. The van der Waals surface area contributed by atoms with Crippen LogP contribution in [-0.2, 0) is 4.79 Å². The van der Waals surface area contributed by atoms with E-state index in [2.05, 4.69) is 4.98 Å². The minimum atomic E-state index is -0.901. The van der Waals surface area contributed by atoms with Gasteiger partial charge in [0.15, 0.2) is 0 Å². The van der Waals surface area contributed by atoms with Crippen molar-refractivity contribution in [2.75, 3.05) is 10.6 Å². The van der Waals surface area contributed by atoms with Gasteiger partial charge in [0.2, 0.25) is 5.91 Å². The summed E-state index contributed by atoms with van der Waals surface area (Å²) in [6.45, 7) is 1.22. The van der Waals surface area contributed by atoms with Crippen LogP contribution in [0.15, 0.2) is 60.8 Å². The fourth-order valence-corrected chi connectivity index (χ4v) is 2.72. The Morgan fingerprint density at radius 2 is 1.72 bits per heavy atom. The first-order valence-corrected chi connectivity index (χ1v) is 9.07. The number of pyridine rings is 1. The molecule has 0 atom stereocenters. The van der Waals surface area contributed by atoms with E-state index in [4.69, 9.17) is 38.4 Å². The van der Waals surface area contributed by atoms with E-state index in [1.165, 1.54) is 25.3 Å². The van der Waals surface area contributed by atoms with Crippen molar-refractivity contribution in [3.63, 3.8) is 0 Å². The molecule has 3 rings (SSSR count). The van der Waals surface area contributed by atoms with Gasteiger partial charge < -0.3 is 15.2 Å². The standard InChI is InChI=1S/C20H15Cl2N3O4/c1-12(26)25(20(27)29-13-5-3-2-4-6-13)17-11-14(9-10-24-17)28-16-8-7-15(23)18(21)19(16)22/h2-11H,23H2,1H3. The van der Waals surface area contributed by atoms with E-state index < -0.39 is 12.0 Å². The molecule has 1 heterocycles. The molecule has 0 radical (unpaired) electrons. The molecule has 2 amide bonds. The molecular formula is C20H15Cl2N3O4. The van der Waals surface area contributed by atoms with Crippen molar-refractivity contribution >= 4 is 46.7 Å². The predicted octanol–water partition coefficient (Wildman–Crippen LogP) is 5.31. The highest BCUT2D eigenvalue weighted by Gasteiger charge is 2.24. The summed E-state index contributed by atoms with van der Waals surface area (Å²) >= 11 is 12.2. The van der Waals surface area contributed by atoms with E-state index in [1.54, 1.807) is 42.5 Å². The highest BCUT2D eigenvalue weighted by Crippen LogP contribution is 2.38. The first-order chi connectivity index (χ1) is 13.9. The van der Waals surface area contributed by atoms with Crippen LogP contribution in [0.1, 0.15) is 6.92 Å². The molecular weight excluding hydrogens is 417 g/mol. The minimum Gasteiger partial charge on any atom is -0.456 e.